The lowest BCUT2D eigenvalue weighted by molar-refractivity contribution is -0.120. The molecule has 28 heavy (non-hydrogen) atoms. The van der Waals surface area contributed by atoms with E-state index in [1.165, 1.54) is 19.2 Å². The number of methoxy groups -OCH3 is 1. The van der Waals surface area contributed by atoms with Crippen molar-refractivity contribution in [2.24, 2.45) is 0 Å². The van der Waals surface area contributed by atoms with Gasteiger partial charge in [0.15, 0.2) is 11.6 Å². The van der Waals surface area contributed by atoms with Crippen molar-refractivity contribution in [2.45, 2.75) is 19.6 Å². The number of carbonyl (C=O) groups excluding carboxylic acids is 1. The summed E-state index contributed by atoms with van der Waals surface area (Å²) in [6, 6.07) is 17.9. The van der Waals surface area contributed by atoms with Gasteiger partial charge in [0, 0.05) is 18.3 Å². The van der Waals surface area contributed by atoms with E-state index in [0.29, 0.717) is 18.1 Å². The smallest absolute Gasteiger partial charge is 0.224 e. The topological polar surface area (TPSA) is 60.5 Å². The lowest BCUT2D eigenvalue weighted by Crippen LogP contribution is -2.25. The molecule has 3 rings (SSSR count). The van der Waals surface area contributed by atoms with Gasteiger partial charge in [-0.3, -0.25) is 4.79 Å². The Morgan fingerprint density at radius 3 is 2.64 bits per heavy atom. The first-order valence-electron chi connectivity index (χ1n) is 8.85. The molecule has 0 spiro atoms. The van der Waals surface area contributed by atoms with E-state index in [1.807, 2.05) is 36.4 Å². The second-order valence-electron chi connectivity index (χ2n) is 6.16. The van der Waals surface area contributed by atoms with Crippen LogP contribution in [-0.4, -0.2) is 18.0 Å². The SMILES string of the molecule is COc1ccc(CC(=O)NCc2cccnc2OCc2ccccc2)cc1F. The number of nitrogens with one attached hydrogen (secondary N) is 1. The zero-order chi connectivity index (χ0) is 19.8. The Kier molecular flexibility index (Phi) is 6.57. The van der Waals surface area contributed by atoms with Crippen molar-refractivity contribution >= 4 is 5.91 Å². The fraction of sp³-hybridized carbons (Fsp3) is 0.182. The van der Waals surface area contributed by atoms with Crippen molar-refractivity contribution in [1.82, 2.24) is 10.3 Å². The highest BCUT2D eigenvalue weighted by molar-refractivity contribution is 5.78. The third-order valence-electron chi connectivity index (χ3n) is 4.13. The van der Waals surface area contributed by atoms with Gasteiger partial charge in [-0.05, 0) is 29.3 Å². The molecule has 0 bridgehead atoms. The lowest BCUT2D eigenvalue weighted by atomic mass is 10.1. The third-order valence-corrected chi connectivity index (χ3v) is 4.13. The van der Waals surface area contributed by atoms with Crippen LogP contribution >= 0.6 is 0 Å². The molecule has 0 radical (unpaired) electrons. The Morgan fingerprint density at radius 2 is 1.89 bits per heavy atom. The van der Waals surface area contributed by atoms with Crippen LogP contribution in [0.5, 0.6) is 11.6 Å². The van der Waals surface area contributed by atoms with Crippen LogP contribution in [0.2, 0.25) is 0 Å². The van der Waals surface area contributed by atoms with E-state index in [9.17, 15) is 9.18 Å². The first kappa shape index (κ1) is 19.4. The molecule has 0 aliphatic rings. The van der Waals surface area contributed by atoms with Crippen LogP contribution in [-0.2, 0) is 24.4 Å². The quantitative estimate of drug-likeness (QED) is 0.648. The number of amides is 1. The highest BCUT2D eigenvalue weighted by Gasteiger charge is 2.10. The Hall–Kier alpha value is -3.41. The number of hydrogen-bond acceptors (Lipinski definition) is 4. The number of ether oxygens (including phenoxy) is 2. The van der Waals surface area contributed by atoms with Gasteiger partial charge in [-0.15, -0.1) is 0 Å². The zero-order valence-electron chi connectivity index (χ0n) is 15.5. The molecule has 6 heteroatoms. The number of rotatable bonds is 8. The molecule has 1 aromatic heterocycles. The van der Waals surface area contributed by atoms with Gasteiger partial charge in [-0.1, -0.05) is 42.5 Å². The highest BCUT2D eigenvalue weighted by Crippen LogP contribution is 2.18. The maximum absolute atomic E-state index is 13.7. The molecule has 1 amide bonds. The number of halogens is 1. The first-order valence-corrected chi connectivity index (χ1v) is 8.85. The lowest BCUT2D eigenvalue weighted by Gasteiger charge is -2.11. The van der Waals surface area contributed by atoms with E-state index < -0.39 is 5.82 Å². The molecule has 5 nitrogen and oxygen atoms in total. The summed E-state index contributed by atoms with van der Waals surface area (Å²) in [6.07, 6.45) is 1.72. The average Bonchev–Trinajstić information content (AvgIpc) is 2.72. The molecule has 0 aliphatic heterocycles. The molecular formula is C22H21FN2O3. The predicted octanol–water partition coefficient (Wildman–Crippen LogP) is 3.67. The Labute approximate surface area is 163 Å². The number of hydrogen-bond donors (Lipinski definition) is 1. The number of pyridine rings is 1. The Balaban J connectivity index is 1.56. The van der Waals surface area contributed by atoms with Crippen molar-refractivity contribution in [2.75, 3.05) is 7.11 Å². The minimum atomic E-state index is -0.489. The number of carbonyl (C=O) groups is 1. The summed E-state index contributed by atoms with van der Waals surface area (Å²) >= 11 is 0. The third kappa shape index (κ3) is 5.30. The average molecular weight is 380 g/mol. The van der Waals surface area contributed by atoms with Crippen LogP contribution in [0.25, 0.3) is 0 Å². The molecule has 0 atom stereocenters. The van der Waals surface area contributed by atoms with Crippen molar-refractivity contribution in [3.63, 3.8) is 0 Å². The molecule has 0 aliphatic carbocycles. The van der Waals surface area contributed by atoms with Gasteiger partial charge in [0.1, 0.15) is 6.61 Å². The van der Waals surface area contributed by atoms with E-state index in [0.717, 1.165) is 11.1 Å². The van der Waals surface area contributed by atoms with Crippen LogP contribution in [0.15, 0.2) is 66.9 Å². The minimum Gasteiger partial charge on any atom is -0.494 e. The van der Waals surface area contributed by atoms with Gasteiger partial charge in [0.05, 0.1) is 13.5 Å². The summed E-state index contributed by atoms with van der Waals surface area (Å²) in [5.74, 6) is -0.0824. The standard InChI is InChI=1S/C22H21FN2O3/c1-27-20-10-9-17(12-19(20)23)13-21(26)25-14-18-8-5-11-24-22(18)28-15-16-6-3-2-4-7-16/h2-12H,13-15H2,1H3,(H,25,26). The van der Waals surface area contributed by atoms with Gasteiger partial charge < -0.3 is 14.8 Å². The van der Waals surface area contributed by atoms with Gasteiger partial charge in [0.25, 0.3) is 0 Å². The van der Waals surface area contributed by atoms with Crippen LogP contribution in [0.1, 0.15) is 16.7 Å². The highest BCUT2D eigenvalue weighted by atomic mass is 19.1. The maximum Gasteiger partial charge on any atom is 0.224 e. The fourth-order valence-electron chi connectivity index (χ4n) is 2.68. The fourth-order valence-corrected chi connectivity index (χ4v) is 2.68. The molecule has 2 aromatic carbocycles. The number of nitrogens with zero attached hydrogens (tertiary/aromatic N) is 1. The van der Waals surface area contributed by atoms with E-state index in [1.54, 1.807) is 18.3 Å². The van der Waals surface area contributed by atoms with Crippen molar-refractivity contribution < 1.29 is 18.7 Å². The van der Waals surface area contributed by atoms with Gasteiger partial charge in [-0.25, -0.2) is 9.37 Å². The Bertz CT molecular complexity index is 932. The van der Waals surface area contributed by atoms with Gasteiger partial charge in [-0.2, -0.15) is 0 Å². The van der Waals surface area contributed by atoms with Crippen molar-refractivity contribution in [3.8, 4) is 11.6 Å². The molecule has 0 saturated heterocycles. The minimum absolute atomic E-state index is 0.0708. The summed E-state index contributed by atoms with van der Waals surface area (Å²) in [4.78, 5) is 16.5. The predicted molar refractivity (Wildman–Crippen MR) is 104 cm³/mol. The van der Waals surface area contributed by atoms with Crippen molar-refractivity contribution in [1.29, 1.82) is 0 Å². The number of aromatic nitrogens is 1. The summed E-state index contributed by atoms with van der Waals surface area (Å²) < 4.78 is 24.4. The van der Waals surface area contributed by atoms with Gasteiger partial charge in [0.2, 0.25) is 11.8 Å². The molecule has 0 unspecified atom stereocenters. The van der Waals surface area contributed by atoms with Crippen LogP contribution in [0, 0.1) is 5.82 Å². The maximum atomic E-state index is 13.7. The molecule has 3 aromatic rings. The monoisotopic (exact) mass is 380 g/mol. The second kappa shape index (κ2) is 9.50. The van der Waals surface area contributed by atoms with E-state index in [-0.39, 0.29) is 24.6 Å². The second-order valence-corrected chi connectivity index (χ2v) is 6.16. The van der Waals surface area contributed by atoms with E-state index in [2.05, 4.69) is 10.3 Å². The molecule has 0 fully saturated rings. The largest absolute Gasteiger partial charge is 0.494 e. The van der Waals surface area contributed by atoms with Crippen LogP contribution in [0.4, 0.5) is 4.39 Å². The van der Waals surface area contributed by atoms with Crippen molar-refractivity contribution in [3.05, 3.63) is 89.4 Å². The van der Waals surface area contributed by atoms with Gasteiger partial charge >= 0.3 is 0 Å². The zero-order valence-corrected chi connectivity index (χ0v) is 15.5. The number of benzene rings is 2. The summed E-state index contributed by atoms with van der Waals surface area (Å²) in [7, 11) is 1.40. The van der Waals surface area contributed by atoms with E-state index >= 15 is 0 Å². The summed E-state index contributed by atoms with van der Waals surface area (Å²) in [6.45, 7) is 0.666. The molecule has 144 valence electrons. The Morgan fingerprint density at radius 1 is 1.07 bits per heavy atom. The molecular weight excluding hydrogens is 359 g/mol. The van der Waals surface area contributed by atoms with Crippen LogP contribution in [0.3, 0.4) is 0 Å². The molecule has 1 heterocycles. The molecule has 0 saturated carbocycles. The summed E-state index contributed by atoms with van der Waals surface area (Å²) in [5, 5.41) is 2.82. The summed E-state index contributed by atoms with van der Waals surface area (Å²) in [5.41, 5.74) is 2.37. The first-order chi connectivity index (χ1) is 13.7. The van der Waals surface area contributed by atoms with E-state index in [4.69, 9.17) is 9.47 Å². The molecule has 1 N–H and O–H groups in total. The normalized spacial score (nSPS) is 10.4. The van der Waals surface area contributed by atoms with Crippen LogP contribution < -0.4 is 14.8 Å².